The molecule has 0 aromatic rings. The summed E-state index contributed by atoms with van der Waals surface area (Å²) in [4.78, 5) is 12.0. The molecule has 1 saturated carbocycles. The van der Waals surface area contributed by atoms with Gasteiger partial charge in [-0.2, -0.15) is 0 Å². The van der Waals surface area contributed by atoms with Crippen molar-refractivity contribution in [2.75, 3.05) is 18.1 Å². The third kappa shape index (κ3) is 5.45. The number of amides is 1. The maximum atomic E-state index is 12.0. The smallest absolute Gasteiger partial charge is 0.220 e. The second-order valence-electron chi connectivity index (χ2n) is 8.61. The van der Waals surface area contributed by atoms with Gasteiger partial charge in [-0.15, -0.1) is 0 Å². The number of sulfone groups is 1. The van der Waals surface area contributed by atoms with Crippen LogP contribution in [-0.4, -0.2) is 43.1 Å². The third-order valence-electron chi connectivity index (χ3n) is 5.56. The maximum Gasteiger partial charge on any atom is 0.220 e. The predicted octanol–water partition coefficient (Wildman–Crippen LogP) is 1.89. The van der Waals surface area contributed by atoms with Crippen molar-refractivity contribution in [3.63, 3.8) is 0 Å². The second-order valence-corrected chi connectivity index (χ2v) is 10.8. The third-order valence-corrected chi connectivity index (χ3v) is 7.39. The van der Waals surface area contributed by atoms with Crippen molar-refractivity contribution in [3.8, 4) is 0 Å². The van der Waals surface area contributed by atoms with Gasteiger partial charge in [-0.25, -0.2) is 8.42 Å². The van der Waals surface area contributed by atoms with E-state index >= 15 is 0 Å². The van der Waals surface area contributed by atoms with Crippen molar-refractivity contribution in [2.45, 2.75) is 64.9 Å². The van der Waals surface area contributed by atoms with Crippen LogP contribution in [0.4, 0.5) is 0 Å². The van der Waals surface area contributed by atoms with E-state index in [1.165, 1.54) is 0 Å². The van der Waals surface area contributed by atoms with Crippen LogP contribution in [0.5, 0.6) is 0 Å². The molecule has 0 radical (unpaired) electrons. The molecule has 134 valence electrons. The highest BCUT2D eigenvalue weighted by molar-refractivity contribution is 7.91. The number of carbonyl (C=O) groups excluding carboxylic acids is 1. The molecule has 0 bridgehead atoms. The molecule has 0 spiro atoms. The molecule has 5 nitrogen and oxygen atoms in total. The van der Waals surface area contributed by atoms with Crippen LogP contribution in [-0.2, 0) is 14.6 Å². The van der Waals surface area contributed by atoms with Crippen LogP contribution in [0.1, 0.15) is 59.3 Å². The first-order chi connectivity index (χ1) is 10.5. The first kappa shape index (κ1) is 18.7. The van der Waals surface area contributed by atoms with Crippen molar-refractivity contribution in [3.05, 3.63) is 0 Å². The zero-order valence-electron chi connectivity index (χ0n) is 14.6. The standard InChI is InChI=1S/C17H31NO4S/c1-16(2,3)14-4-7-17(20,8-5-14)12-18-15(19)10-13-6-9-23(21,22)11-13/h13-14,20H,4-12H2,1-3H3,(H,18,19)/t13-,14?,17?/m1/s1. The van der Waals surface area contributed by atoms with Crippen LogP contribution >= 0.6 is 0 Å². The summed E-state index contributed by atoms with van der Waals surface area (Å²) >= 11 is 0. The summed E-state index contributed by atoms with van der Waals surface area (Å²) in [5.41, 5.74) is -0.544. The van der Waals surface area contributed by atoms with Gasteiger partial charge in [-0.3, -0.25) is 4.79 Å². The highest BCUT2D eigenvalue weighted by Gasteiger charge is 2.37. The average molecular weight is 346 g/mol. The van der Waals surface area contributed by atoms with E-state index in [1.807, 2.05) is 0 Å². The molecule has 1 aliphatic heterocycles. The minimum atomic E-state index is -2.94. The normalized spacial score (nSPS) is 34.3. The van der Waals surface area contributed by atoms with Gasteiger partial charge in [0.2, 0.25) is 5.91 Å². The summed E-state index contributed by atoms with van der Waals surface area (Å²) in [5, 5.41) is 13.5. The Labute approximate surface area is 140 Å². The minimum absolute atomic E-state index is 0.0636. The van der Waals surface area contributed by atoms with Gasteiger partial charge in [0.25, 0.3) is 0 Å². The fraction of sp³-hybridized carbons (Fsp3) is 0.941. The first-order valence-electron chi connectivity index (χ1n) is 8.69. The number of hydrogen-bond acceptors (Lipinski definition) is 4. The maximum absolute atomic E-state index is 12.0. The zero-order chi connectivity index (χ0) is 17.3. The number of rotatable bonds is 4. The summed E-state index contributed by atoms with van der Waals surface area (Å²) in [7, 11) is -2.94. The van der Waals surface area contributed by atoms with Crippen LogP contribution in [0, 0.1) is 17.3 Å². The molecule has 1 saturated heterocycles. The van der Waals surface area contributed by atoms with Gasteiger partial charge in [0.1, 0.15) is 0 Å². The van der Waals surface area contributed by atoms with E-state index in [4.69, 9.17) is 0 Å². The fourth-order valence-electron chi connectivity index (χ4n) is 3.83. The molecule has 0 unspecified atom stereocenters. The Hall–Kier alpha value is -0.620. The highest BCUT2D eigenvalue weighted by Crippen LogP contribution is 2.41. The molecule has 0 aromatic heterocycles. The predicted molar refractivity (Wildman–Crippen MR) is 90.8 cm³/mol. The summed E-state index contributed by atoms with van der Waals surface area (Å²) in [6, 6.07) is 0. The van der Waals surface area contributed by atoms with Crippen LogP contribution in [0.3, 0.4) is 0 Å². The number of hydrogen-bond donors (Lipinski definition) is 2. The van der Waals surface area contributed by atoms with Crippen molar-refractivity contribution in [2.24, 2.45) is 17.3 Å². The van der Waals surface area contributed by atoms with Gasteiger partial charge in [-0.05, 0) is 49.4 Å². The zero-order valence-corrected chi connectivity index (χ0v) is 15.4. The molecule has 6 heteroatoms. The second kappa shape index (κ2) is 6.71. The van der Waals surface area contributed by atoms with E-state index in [2.05, 4.69) is 26.1 Å². The van der Waals surface area contributed by atoms with Gasteiger partial charge in [0.15, 0.2) is 9.84 Å². The fourth-order valence-corrected chi connectivity index (χ4v) is 5.69. The number of carbonyl (C=O) groups is 1. The molecule has 0 aromatic carbocycles. The molecule has 1 atom stereocenters. The van der Waals surface area contributed by atoms with E-state index < -0.39 is 15.4 Å². The van der Waals surface area contributed by atoms with Crippen molar-refractivity contribution < 1.29 is 18.3 Å². The minimum Gasteiger partial charge on any atom is -0.388 e. The van der Waals surface area contributed by atoms with Gasteiger partial charge in [-0.1, -0.05) is 20.8 Å². The SMILES string of the molecule is CC(C)(C)C1CCC(O)(CNC(=O)C[C@H]2CCS(=O)(=O)C2)CC1. The highest BCUT2D eigenvalue weighted by atomic mass is 32.2. The van der Waals surface area contributed by atoms with Crippen molar-refractivity contribution >= 4 is 15.7 Å². The topological polar surface area (TPSA) is 83.5 Å². The monoisotopic (exact) mass is 345 g/mol. The van der Waals surface area contributed by atoms with Crippen LogP contribution in [0.25, 0.3) is 0 Å². The molecule has 1 heterocycles. The summed E-state index contributed by atoms with van der Waals surface area (Å²) in [6.07, 6.45) is 4.22. The lowest BCUT2D eigenvalue weighted by molar-refractivity contribution is -0.123. The Kier molecular flexibility index (Phi) is 5.46. The summed E-state index contributed by atoms with van der Waals surface area (Å²) in [6.45, 7) is 6.99. The first-order valence-corrected chi connectivity index (χ1v) is 10.5. The largest absolute Gasteiger partial charge is 0.388 e. The Balaban J connectivity index is 1.74. The molecule has 1 aliphatic carbocycles. The number of aliphatic hydroxyl groups is 1. The van der Waals surface area contributed by atoms with Crippen LogP contribution in [0.15, 0.2) is 0 Å². The van der Waals surface area contributed by atoms with E-state index in [9.17, 15) is 18.3 Å². The summed E-state index contributed by atoms with van der Waals surface area (Å²) < 4.78 is 22.8. The van der Waals surface area contributed by atoms with Gasteiger partial charge < -0.3 is 10.4 Å². The Morgan fingerprint density at radius 2 is 1.83 bits per heavy atom. The lowest BCUT2D eigenvalue weighted by Gasteiger charge is -2.41. The van der Waals surface area contributed by atoms with Crippen LogP contribution < -0.4 is 5.32 Å². The molecule has 2 fully saturated rings. The van der Waals surface area contributed by atoms with Gasteiger partial charge >= 0.3 is 0 Å². The molecule has 2 N–H and O–H groups in total. The lowest BCUT2D eigenvalue weighted by atomic mass is 9.68. The van der Waals surface area contributed by atoms with Crippen molar-refractivity contribution in [1.82, 2.24) is 5.32 Å². The van der Waals surface area contributed by atoms with Crippen LogP contribution in [0.2, 0.25) is 0 Å². The molecular formula is C17H31NO4S. The quantitative estimate of drug-likeness (QED) is 0.815. The Morgan fingerprint density at radius 3 is 2.30 bits per heavy atom. The molecule has 23 heavy (non-hydrogen) atoms. The molecule has 1 amide bonds. The average Bonchev–Trinajstić information content (AvgIpc) is 2.75. The van der Waals surface area contributed by atoms with Crippen molar-refractivity contribution in [1.29, 1.82) is 0 Å². The molecular weight excluding hydrogens is 314 g/mol. The van der Waals surface area contributed by atoms with E-state index in [-0.39, 0.29) is 41.7 Å². The van der Waals surface area contributed by atoms with Gasteiger partial charge in [0, 0.05) is 13.0 Å². The summed E-state index contributed by atoms with van der Waals surface area (Å²) in [5.74, 6) is 0.730. The van der Waals surface area contributed by atoms with Gasteiger partial charge in [0.05, 0.1) is 17.1 Å². The van der Waals surface area contributed by atoms with E-state index in [0.29, 0.717) is 25.2 Å². The van der Waals surface area contributed by atoms with E-state index in [1.54, 1.807) is 0 Å². The van der Waals surface area contributed by atoms with E-state index in [0.717, 1.165) is 12.8 Å². The molecule has 2 aliphatic rings. The Bertz CT molecular complexity index is 527. The molecule has 2 rings (SSSR count). The lowest BCUT2D eigenvalue weighted by Crippen LogP contribution is -2.46. The number of nitrogens with one attached hydrogen (secondary N) is 1. The Morgan fingerprint density at radius 1 is 1.22 bits per heavy atom.